The molecule has 16 heavy (non-hydrogen) atoms. The molecule has 0 radical (unpaired) electrons. The minimum atomic E-state index is -0.618. The molecule has 1 fully saturated rings. The Bertz CT molecular complexity index is 461. The van der Waals surface area contributed by atoms with Crippen LogP contribution in [0.15, 0.2) is 22.7 Å². The van der Waals surface area contributed by atoms with Crippen molar-refractivity contribution < 1.29 is 14.0 Å². The van der Waals surface area contributed by atoms with Crippen LogP contribution in [0, 0.1) is 5.82 Å². The Balaban J connectivity index is 2.34. The average Bonchev–Trinajstić information content (AvgIpc) is 2.68. The highest BCUT2D eigenvalue weighted by atomic mass is 79.9. The highest BCUT2D eigenvalue weighted by molar-refractivity contribution is 9.10. The number of rotatable bonds is 1. The molecule has 0 bridgehead atoms. The third-order valence-corrected chi connectivity index (χ3v) is 3.11. The summed E-state index contributed by atoms with van der Waals surface area (Å²) in [6, 6.07) is 4.47. The normalized spacial score (nSPS) is 15.6. The lowest BCUT2D eigenvalue weighted by atomic mass is 10.2. The summed E-state index contributed by atoms with van der Waals surface area (Å²) in [7, 11) is 0. The van der Waals surface area contributed by atoms with Gasteiger partial charge in [0.2, 0.25) is 5.91 Å². The van der Waals surface area contributed by atoms with Gasteiger partial charge < -0.3 is 0 Å². The van der Waals surface area contributed by atoms with Gasteiger partial charge in [-0.3, -0.25) is 14.5 Å². The first-order valence-electron chi connectivity index (χ1n) is 4.90. The minimum Gasteiger partial charge on any atom is -0.278 e. The molecule has 0 N–H and O–H groups in total. The molecule has 3 nitrogen and oxygen atoms in total. The molecule has 1 aromatic rings. The molecule has 1 heterocycles. The van der Waals surface area contributed by atoms with Crippen molar-refractivity contribution in [2.75, 3.05) is 6.54 Å². The molecule has 1 aliphatic heterocycles. The lowest BCUT2D eigenvalue weighted by Gasteiger charge is -2.14. The van der Waals surface area contributed by atoms with Crippen LogP contribution in [0.25, 0.3) is 0 Å². The second-order valence-corrected chi connectivity index (χ2v) is 4.41. The van der Waals surface area contributed by atoms with Gasteiger partial charge in [-0.2, -0.15) is 0 Å². The smallest absolute Gasteiger partial charge is 0.263 e. The summed E-state index contributed by atoms with van der Waals surface area (Å²) in [5.41, 5.74) is -0.0652. The van der Waals surface area contributed by atoms with E-state index in [1.165, 1.54) is 12.1 Å². The first-order chi connectivity index (χ1) is 7.61. The maximum atomic E-state index is 13.6. The molecule has 1 saturated heterocycles. The third-order valence-electron chi connectivity index (χ3n) is 2.50. The zero-order valence-electron chi connectivity index (χ0n) is 8.37. The van der Waals surface area contributed by atoms with E-state index in [0.29, 0.717) is 19.4 Å². The van der Waals surface area contributed by atoms with Crippen LogP contribution in [0.2, 0.25) is 0 Å². The fraction of sp³-hybridized carbons (Fsp3) is 0.273. The zero-order valence-corrected chi connectivity index (χ0v) is 9.96. The van der Waals surface area contributed by atoms with E-state index in [2.05, 4.69) is 15.9 Å². The van der Waals surface area contributed by atoms with E-state index >= 15 is 0 Å². The Kier molecular flexibility index (Phi) is 3.05. The summed E-state index contributed by atoms with van der Waals surface area (Å²) in [5, 5.41) is 0. The number of amides is 2. The second-order valence-electron chi connectivity index (χ2n) is 3.56. The van der Waals surface area contributed by atoms with Crippen LogP contribution in [-0.4, -0.2) is 23.3 Å². The Morgan fingerprint density at radius 2 is 2.19 bits per heavy atom. The van der Waals surface area contributed by atoms with Crippen LogP contribution in [0.3, 0.4) is 0 Å². The molecular weight excluding hydrogens is 277 g/mol. The van der Waals surface area contributed by atoms with Gasteiger partial charge in [0.15, 0.2) is 0 Å². The topological polar surface area (TPSA) is 37.4 Å². The van der Waals surface area contributed by atoms with E-state index in [4.69, 9.17) is 0 Å². The summed E-state index contributed by atoms with van der Waals surface area (Å²) < 4.78 is 13.9. The zero-order chi connectivity index (χ0) is 11.7. The van der Waals surface area contributed by atoms with Crippen molar-refractivity contribution in [2.24, 2.45) is 0 Å². The molecule has 2 amide bonds. The first-order valence-corrected chi connectivity index (χ1v) is 5.69. The average molecular weight is 286 g/mol. The number of carbonyl (C=O) groups excluding carboxylic acids is 2. The van der Waals surface area contributed by atoms with Gasteiger partial charge in [0, 0.05) is 13.0 Å². The van der Waals surface area contributed by atoms with Crippen LogP contribution < -0.4 is 0 Å². The van der Waals surface area contributed by atoms with Crippen molar-refractivity contribution >= 4 is 27.7 Å². The van der Waals surface area contributed by atoms with Gasteiger partial charge in [0.25, 0.3) is 5.91 Å². The van der Waals surface area contributed by atoms with Crippen molar-refractivity contribution in [2.45, 2.75) is 12.8 Å². The summed E-state index contributed by atoms with van der Waals surface area (Å²) in [4.78, 5) is 24.3. The molecule has 1 aromatic carbocycles. The van der Waals surface area contributed by atoms with Gasteiger partial charge in [-0.25, -0.2) is 4.39 Å². The third kappa shape index (κ3) is 1.87. The van der Waals surface area contributed by atoms with Gasteiger partial charge >= 0.3 is 0 Å². The van der Waals surface area contributed by atoms with E-state index in [-0.39, 0.29) is 15.9 Å². The van der Waals surface area contributed by atoms with Crippen LogP contribution >= 0.6 is 15.9 Å². The highest BCUT2D eigenvalue weighted by Crippen LogP contribution is 2.21. The van der Waals surface area contributed by atoms with Crippen molar-refractivity contribution in [3.8, 4) is 0 Å². The van der Waals surface area contributed by atoms with E-state index in [0.717, 1.165) is 4.90 Å². The van der Waals surface area contributed by atoms with Crippen LogP contribution in [0.1, 0.15) is 23.2 Å². The van der Waals surface area contributed by atoms with E-state index in [1.807, 2.05) is 0 Å². The predicted octanol–water partition coefficient (Wildman–Crippen LogP) is 2.35. The van der Waals surface area contributed by atoms with E-state index in [9.17, 15) is 14.0 Å². The van der Waals surface area contributed by atoms with Crippen LogP contribution in [0.5, 0.6) is 0 Å². The number of likely N-dealkylation sites (tertiary alicyclic amines) is 1. The Hall–Kier alpha value is -1.23. The van der Waals surface area contributed by atoms with Crippen LogP contribution in [-0.2, 0) is 4.79 Å². The molecule has 0 aromatic heterocycles. The SMILES string of the molecule is O=C1CCCN1C(=O)c1cccc(Br)c1F. The molecule has 0 saturated carbocycles. The Morgan fingerprint density at radius 3 is 2.81 bits per heavy atom. The quantitative estimate of drug-likeness (QED) is 0.743. The lowest BCUT2D eigenvalue weighted by Crippen LogP contribution is -2.32. The predicted molar refractivity (Wildman–Crippen MR) is 59.4 cm³/mol. The second kappa shape index (κ2) is 4.33. The van der Waals surface area contributed by atoms with E-state index < -0.39 is 11.7 Å². The molecule has 84 valence electrons. The summed E-state index contributed by atoms with van der Waals surface area (Å²) in [5.74, 6) is -1.40. The molecular formula is C11H9BrFNO2. The van der Waals surface area contributed by atoms with Crippen molar-refractivity contribution in [3.63, 3.8) is 0 Å². The summed E-state index contributed by atoms with van der Waals surface area (Å²) in [6.45, 7) is 0.379. The number of hydrogen-bond donors (Lipinski definition) is 0. The Labute approximate surface area is 100 Å². The molecule has 0 aliphatic carbocycles. The van der Waals surface area contributed by atoms with Gasteiger partial charge in [0.05, 0.1) is 10.0 Å². The molecule has 0 spiro atoms. The largest absolute Gasteiger partial charge is 0.278 e. The Morgan fingerprint density at radius 1 is 1.44 bits per heavy atom. The van der Waals surface area contributed by atoms with E-state index in [1.54, 1.807) is 6.07 Å². The molecule has 5 heteroatoms. The maximum absolute atomic E-state index is 13.6. The monoisotopic (exact) mass is 285 g/mol. The van der Waals surface area contributed by atoms with Gasteiger partial charge in [-0.15, -0.1) is 0 Å². The van der Waals surface area contributed by atoms with Crippen molar-refractivity contribution in [1.29, 1.82) is 0 Å². The molecule has 1 aliphatic rings. The summed E-state index contributed by atoms with van der Waals surface area (Å²) >= 11 is 3.01. The fourth-order valence-corrected chi connectivity index (χ4v) is 2.04. The highest BCUT2D eigenvalue weighted by Gasteiger charge is 2.29. The lowest BCUT2D eigenvalue weighted by molar-refractivity contribution is -0.125. The number of imide groups is 1. The van der Waals surface area contributed by atoms with Gasteiger partial charge in [-0.05, 0) is 34.5 Å². The number of carbonyl (C=O) groups is 2. The number of halogens is 2. The standard InChI is InChI=1S/C11H9BrFNO2/c12-8-4-1-3-7(10(8)13)11(16)14-6-2-5-9(14)15/h1,3-4H,2,5-6H2. The molecule has 0 atom stereocenters. The van der Waals surface area contributed by atoms with Crippen molar-refractivity contribution in [1.82, 2.24) is 4.90 Å². The summed E-state index contributed by atoms with van der Waals surface area (Å²) in [6.07, 6.45) is 1.02. The van der Waals surface area contributed by atoms with Crippen molar-refractivity contribution in [3.05, 3.63) is 34.1 Å². The number of benzene rings is 1. The molecule has 2 rings (SSSR count). The van der Waals surface area contributed by atoms with Crippen LogP contribution in [0.4, 0.5) is 4.39 Å². The van der Waals surface area contributed by atoms with Gasteiger partial charge in [-0.1, -0.05) is 6.07 Å². The van der Waals surface area contributed by atoms with Gasteiger partial charge in [0.1, 0.15) is 5.82 Å². The fourth-order valence-electron chi connectivity index (χ4n) is 1.68. The number of hydrogen-bond acceptors (Lipinski definition) is 2. The first kappa shape index (κ1) is 11.3. The maximum Gasteiger partial charge on any atom is 0.263 e. The minimum absolute atomic E-state index is 0.0652. The molecule has 0 unspecified atom stereocenters. The number of nitrogens with zero attached hydrogens (tertiary/aromatic N) is 1.